The molecule has 0 unspecified atom stereocenters. The van der Waals surface area contributed by atoms with Crippen LogP contribution in [0.25, 0.3) is 11.3 Å². The highest BCUT2D eigenvalue weighted by atomic mass is 32.2. The highest BCUT2D eigenvalue weighted by Gasteiger charge is 2.21. The van der Waals surface area contributed by atoms with Gasteiger partial charge in [0.15, 0.2) is 11.6 Å². The lowest BCUT2D eigenvalue weighted by atomic mass is 10.1. The van der Waals surface area contributed by atoms with Crippen molar-refractivity contribution in [3.05, 3.63) is 64.3 Å². The number of aryl methyl sites for hydroxylation is 2. The minimum atomic E-state index is -3.71. The summed E-state index contributed by atoms with van der Waals surface area (Å²) in [6.45, 7) is 5.20. The second kappa shape index (κ2) is 9.47. The Hall–Kier alpha value is -3.27. The van der Waals surface area contributed by atoms with Gasteiger partial charge in [0.1, 0.15) is 5.82 Å². The van der Waals surface area contributed by atoms with E-state index in [0.717, 1.165) is 0 Å². The molecule has 0 spiro atoms. The van der Waals surface area contributed by atoms with E-state index in [1.54, 1.807) is 45.3 Å². The number of nitrogens with one attached hydrogen (secondary N) is 1. The van der Waals surface area contributed by atoms with E-state index < -0.39 is 21.1 Å². The minimum Gasteiger partial charge on any atom is -0.421 e. The molecule has 0 aliphatic rings. The second-order valence-electron chi connectivity index (χ2n) is 7.34. The van der Waals surface area contributed by atoms with Gasteiger partial charge in [-0.25, -0.2) is 12.8 Å². The zero-order chi connectivity index (χ0) is 23.5. The normalized spacial score (nSPS) is 12.4. The molecule has 0 aliphatic carbocycles. The highest BCUT2D eigenvalue weighted by molar-refractivity contribution is 7.93. The summed E-state index contributed by atoms with van der Waals surface area (Å²) in [4.78, 5) is 20.2. The Balaban J connectivity index is 2.12. The summed E-state index contributed by atoms with van der Waals surface area (Å²) in [5.74, 6) is -0.626. The first-order valence-corrected chi connectivity index (χ1v) is 11.7. The number of sulfonamides is 1. The first-order valence-electron chi connectivity index (χ1n) is 10.2. The Morgan fingerprint density at radius 2 is 1.94 bits per heavy atom. The molecule has 0 aliphatic heterocycles. The van der Waals surface area contributed by atoms with Crippen LogP contribution in [0, 0.1) is 5.82 Å². The molecular weight excluding hydrogens is 435 g/mol. The Kier molecular flexibility index (Phi) is 6.93. The smallest absolute Gasteiger partial charge is 0.324 e. The van der Waals surface area contributed by atoms with Crippen LogP contribution in [0.2, 0.25) is 0 Å². The highest BCUT2D eigenvalue weighted by Crippen LogP contribution is 2.30. The lowest BCUT2D eigenvalue weighted by Crippen LogP contribution is -2.25. The fourth-order valence-electron chi connectivity index (χ4n) is 2.92. The maximum Gasteiger partial charge on any atom is 0.324 e. The molecule has 8 nitrogen and oxygen atoms in total. The Bertz CT molecular complexity index is 1290. The summed E-state index contributed by atoms with van der Waals surface area (Å²) in [5.41, 5.74) is 1.24. The lowest BCUT2D eigenvalue weighted by molar-refractivity contribution is 0.407. The molecule has 32 heavy (non-hydrogen) atoms. The fourth-order valence-corrected chi connectivity index (χ4v) is 3.96. The van der Waals surface area contributed by atoms with Gasteiger partial charge in [0, 0.05) is 30.9 Å². The average molecular weight is 461 g/mol. The number of halogens is 1. The summed E-state index contributed by atoms with van der Waals surface area (Å²) >= 11 is 0. The zero-order valence-electron chi connectivity index (χ0n) is 18.3. The average Bonchev–Trinajstić information content (AvgIpc) is 2.75. The molecule has 0 amide bonds. The summed E-state index contributed by atoms with van der Waals surface area (Å²) < 4.78 is 49.1. The molecule has 10 heteroatoms. The lowest BCUT2D eigenvalue weighted by Gasteiger charge is -2.15. The van der Waals surface area contributed by atoms with Crippen molar-refractivity contribution in [2.75, 3.05) is 4.72 Å². The molecule has 170 valence electrons. The van der Waals surface area contributed by atoms with E-state index in [1.165, 1.54) is 22.8 Å². The Morgan fingerprint density at radius 1 is 1.19 bits per heavy atom. The second-order valence-corrected chi connectivity index (χ2v) is 9.44. The summed E-state index contributed by atoms with van der Waals surface area (Å²) in [6.07, 6.45) is 2.48. The molecule has 3 aromatic rings. The first kappa shape index (κ1) is 23.4. The van der Waals surface area contributed by atoms with Crippen LogP contribution in [-0.2, 0) is 23.5 Å². The van der Waals surface area contributed by atoms with E-state index in [9.17, 15) is 17.6 Å². The standard InChI is InChI=1S/C22H25FN4O4S/c1-5-14(3)32(29,30)26-19-12-18(16-10-11-20(28)27(4)13-16)24-22(25-19)31-21-15(6-2)8-7-9-17(21)23/h7-14H,5-6H2,1-4H3,(H,24,25,26)/t14-/m1/s1. The molecule has 3 rings (SSSR count). The van der Waals surface area contributed by atoms with Gasteiger partial charge in [0.25, 0.3) is 0 Å². The monoisotopic (exact) mass is 460 g/mol. The van der Waals surface area contributed by atoms with E-state index in [2.05, 4.69) is 14.7 Å². The van der Waals surface area contributed by atoms with Crippen molar-refractivity contribution in [3.8, 4) is 23.0 Å². The Labute approximate surface area is 186 Å². The van der Waals surface area contributed by atoms with E-state index in [-0.39, 0.29) is 23.1 Å². The molecule has 0 fully saturated rings. The molecule has 1 atom stereocenters. The quantitative estimate of drug-likeness (QED) is 0.547. The molecule has 1 N–H and O–H groups in total. The maximum atomic E-state index is 14.4. The van der Waals surface area contributed by atoms with Gasteiger partial charge in [-0.05, 0) is 37.5 Å². The van der Waals surface area contributed by atoms with Crippen molar-refractivity contribution in [2.24, 2.45) is 7.05 Å². The third-order valence-electron chi connectivity index (χ3n) is 5.06. The predicted octanol–water partition coefficient (Wildman–Crippen LogP) is 3.88. The van der Waals surface area contributed by atoms with E-state index in [1.807, 2.05) is 6.92 Å². The van der Waals surface area contributed by atoms with Crippen molar-refractivity contribution >= 4 is 15.8 Å². The third-order valence-corrected chi connectivity index (χ3v) is 6.95. The van der Waals surface area contributed by atoms with Gasteiger partial charge in [-0.1, -0.05) is 26.0 Å². The van der Waals surface area contributed by atoms with Gasteiger partial charge in [0.05, 0.1) is 10.9 Å². The van der Waals surface area contributed by atoms with Crippen LogP contribution in [0.1, 0.15) is 32.8 Å². The van der Waals surface area contributed by atoms with Crippen LogP contribution >= 0.6 is 0 Å². The number of nitrogens with zero attached hydrogens (tertiary/aromatic N) is 3. The third kappa shape index (κ3) is 5.13. The summed E-state index contributed by atoms with van der Waals surface area (Å²) in [6, 6.07) is 8.70. The van der Waals surface area contributed by atoms with Crippen LogP contribution in [0.4, 0.5) is 10.2 Å². The SMILES string of the molecule is CCc1cccc(F)c1Oc1nc(NS(=O)(=O)[C@H](C)CC)cc(-c2ccc(=O)n(C)c2)n1. The van der Waals surface area contributed by atoms with Crippen LogP contribution in [-0.4, -0.2) is 28.2 Å². The molecular formula is C22H25FN4O4S. The molecule has 0 bridgehead atoms. The molecule has 2 aromatic heterocycles. The number of anilines is 1. The number of rotatable bonds is 8. The largest absolute Gasteiger partial charge is 0.421 e. The number of para-hydroxylation sites is 1. The van der Waals surface area contributed by atoms with Gasteiger partial charge in [-0.3, -0.25) is 9.52 Å². The van der Waals surface area contributed by atoms with Gasteiger partial charge < -0.3 is 9.30 Å². The van der Waals surface area contributed by atoms with Crippen molar-refractivity contribution in [1.82, 2.24) is 14.5 Å². The number of benzene rings is 1. The molecule has 1 aromatic carbocycles. The van der Waals surface area contributed by atoms with Crippen molar-refractivity contribution in [2.45, 2.75) is 38.9 Å². The van der Waals surface area contributed by atoms with E-state index >= 15 is 0 Å². The van der Waals surface area contributed by atoms with Crippen LogP contribution < -0.4 is 15.0 Å². The summed E-state index contributed by atoms with van der Waals surface area (Å²) in [7, 11) is -2.13. The summed E-state index contributed by atoms with van der Waals surface area (Å²) in [5, 5.41) is -0.652. The van der Waals surface area contributed by atoms with Crippen molar-refractivity contribution < 1.29 is 17.5 Å². The number of aromatic nitrogens is 3. The first-order chi connectivity index (χ1) is 15.1. The Morgan fingerprint density at radius 3 is 2.59 bits per heavy atom. The number of pyridine rings is 1. The topological polar surface area (TPSA) is 103 Å². The van der Waals surface area contributed by atoms with Crippen LogP contribution in [0.15, 0.2) is 47.4 Å². The van der Waals surface area contributed by atoms with E-state index in [0.29, 0.717) is 29.7 Å². The zero-order valence-corrected chi connectivity index (χ0v) is 19.1. The van der Waals surface area contributed by atoms with Gasteiger partial charge >= 0.3 is 6.01 Å². The van der Waals surface area contributed by atoms with Crippen LogP contribution in [0.3, 0.4) is 0 Å². The van der Waals surface area contributed by atoms with Gasteiger partial charge in [-0.15, -0.1) is 0 Å². The van der Waals surface area contributed by atoms with Gasteiger partial charge in [0.2, 0.25) is 15.6 Å². The number of hydrogen-bond donors (Lipinski definition) is 1. The fraction of sp³-hybridized carbons (Fsp3) is 0.318. The van der Waals surface area contributed by atoms with Crippen LogP contribution in [0.5, 0.6) is 11.8 Å². The predicted molar refractivity (Wildman–Crippen MR) is 121 cm³/mol. The van der Waals surface area contributed by atoms with Crippen molar-refractivity contribution in [3.63, 3.8) is 0 Å². The molecule has 0 saturated heterocycles. The number of ether oxygens (including phenoxy) is 1. The molecule has 2 heterocycles. The molecule has 0 radical (unpaired) electrons. The molecule has 0 saturated carbocycles. The van der Waals surface area contributed by atoms with E-state index in [4.69, 9.17) is 4.74 Å². The maximum absolute atomic E-state index is 14.4. The van der Waals surface area contributed by atoms with Gasteiger partial charge in [-0.2, -0.15) is 9.97 Å². The number of hydrogen-bond acceptors (Lipinski definition) is 6. The van der Waals surface area contributed by atoms with Crippen molar-refractivity contribution in [1.29, 1.82) is 0 Å². The minimum absolute atomic E-state index is 0.0199.